The van der Waals surface area contributed by atoms with E-state index >= 15 is 0 Å². The standard InChI is InChI=1S/C25H21N5O3S/c1-16-17(2)29-33-25(16)30-34(31,32)20-12-10-19(11-13-20)28-24-14-23(26-15-27-24)22-9-5-7-18-6-3-4-8-21(18)22/h3-15,30H,1-2H3,(H,26,27,28). The summed E-state index contributed by atoms with van der Waals surface area (Å²) >= 11 is 0. The molecule has 0 saturated carbocycles. The third kappa shape index (κ3) is 4.20. The van der Waals surface area contributed by atoms with E-state index < -0.39 is 10.0 Å². The van der Waals surface area contributed by atoms with Crippen molar-refractivity contribution >= 4 is 38.2 Å². The van der Waals surface area contributed by atoms with E-state index in [-0.39, 0.29) is 10.8 Å². The van der Waals surface area contributed by atoms with Crippen LogP contribution in [0.15, 0.2) is 88.5 Å². The number of aromatic nitrogens is 3. The summed E-state index contributed by atoms with van der Waals surface area (Å²) in [5, 5.41) is 9.22. The zero-order valence-electron chi connectivity index (χ0n) is 18.5. The van der Waals surface area contributed by atoms with Crippen LogP contribution in [0.3, 0.4) is 0 Å². The van der Waals surface area contributed by atoms with Crippen LogP contribution < -0.4 is 10.0 Å². The molecule has 2 heterocycles. The fourth-order valence-electron chi connectivity index (χ4n) is 3.58. The average Bonchev–Trinajstić information content (AvgIpc) is 3.16. The number of hydrogen-bond acceptors (Lipinski definition) is 7. The lowest BCUT2D eigenvalue weighted by Gasteiger charge is -2.10. The molecule has 170 valence electrons. The van der Waals surface area contributed by atoms with Crippen LogP contribution in [0.1, 0.15) is 11.3 Å². The van der Waals surface area contributed by atoms with Gasteiger partial charge in [0, 0.05) is 22.9 Å². The Morgan fingerprint density at radius 2 is 1.65 bits per heavy atom. The average molecular weight is 472 g/mol. The molecule has 9 heteroatoms. The molecule has 5 aromatic rings. The third-order valence-electron chi connectivity index (χ3n) is 5.55. The smallest absolute Gasteiger partial charge is 0.264 e. The lowest BCUT2D eigenvalue weighted by Crippen LogP contribution is -2.13. The first-order valence-electron chi connectivity index (χ1n) is 10.5. The topological polar surface area (TPSA) is 110 Å². The number of aryl methyl sites for hydroxylation is 1. The summed E-state index contributed by atoms with van der Waals surface area (Å²) in [5.74, 6) is 0.709. The molecule has 5 rings (SSSR count). The fourth-order valence-corrected chi connectivity index (χ4v) is 4.63. The van der Waals surface area contributed by atoms with Crippen LogP contribution in [-0.2, 0) is 10.0 Å². The first-order chi connectivity index (χ1) is 16.4. The highest BCUT2D eigenvalue weighted by Crippen LogP contribution is 2.29. The van der Waals surface area contributed by atoms with Crippen molar-refractivity contribution in [1.82, 2.24) is 15.1 Å². The highest BCUT2D eigenvalue weighted by Gasteiger charge is 2.19. The first-order valence-corrected chi connectivity index (χ1v) is 12.0. The van der Waals surface area contributed by atoms with Gasteiger partial charge in [0.25, 0.3) is 10.0 Å². The van der Waals surface area contributed by atoms with E-state index in [4.69, 9.17) is 4.52 Å². The SMILES string of the molecule is Cc1noc(NS(=O)(=O)c2ccc(Nc3cc(-c4cccc5ccccc45)ncn3)cc2)c1C. The largest absolute Gasteiger partial charge is 0.340 e. The number of anilines is 3. The number of nitrogens with one attached hydrogen (secondary N) is 2. The van der Waals surface area contributed by atoms with Crippen LogP contribution in [0, 0.1) is 13.8 Å². The van der Waals surface area contributed by atoms with E-state index in [0.29, 0.717) is 22.8 Å². The third-order valence-corrected chi connectivity index (χ3v) is 6.90. The molecule has 0 atom stereocenters. The predicted molar refractivity (Wildman–Crippen MR) is 131 cm³/mol. The van der Waals surface area contributed by atoms with E-state index in [1.54, 1.807) is 26.0 Å². The van der Waals surface area contributed by atoms with Crippen LogP contribution in [0.25, 0.3) is 22.0 Å². The Labute approximate surface area is 196 Å². The van der Waals surface area contributed by atoms with Crippen molar-refractivity contribution in [1.29, 1.82) is 0 Å². The molecule has 0 radical (unpaired) electrons. The molecule has 0 spiro atoms. The Hall–Kier alpha value is -4.24. The highest BCUT2D eigenvalue weighted by atomic mass is 32.2. The van der Waals surface area contributed by atoms with Gasteiger partial charge in [-0.1, -0.05) is 47.6 Å². The van der Waals surface area contributed by atoms with Crippen molar-refractivity contribution in [3.05, 3.63) is 90.4 Å². The lowest BCUT2D eigenvalue weighted by molar-refractivity contribution is 0.430. The van der Waals surface area contributed by atoms with Crippen LogP contribution in [0.4, 0.5) is 17.4 Å². The molecule has 0 amide bonds. The summed E-state index contributed by atoms with van der Waals surface area (Å²) in [4.78, 5) is 8.85. The van der Waals surface area contributed by atoms with Crippen molar-refractivity contribution < 1.29 is 12.9 Å². The summed E-state index contributed by atoms with van der Waals surface area (Å²) in [7, 11) is -3.81. The second kappa shape index (κ2) is 8.60. The zero-order chi connectivity index (χ0) is 23.7. The lowest BCUT2D eigenvalue weighted by atomic mass is 10.0. The molecule has 0 aliphatic heterocycles. The quantitative estimate of drug-likeness (QED) is 0.339. The van der Waals surface area contributed by atoms with Crippen LogP contribution in [0.2, 0.25) is 0 Å². The summed E-state index contributed by atoms with van der Waals surface area (Å²) in [6.45, 7) is 3.49. The first kappa shape index (κ1) is 21.6. The normalized spacial score (nSPS) is 11.5. The number of hydrogen-bond donors (Lipinski definition) is 2. The number of fused-ring (bicyclic) bond motifs is 1. The van der Waals surface area contributed by atoms with Crippen molar-refractivity contribution in [2.75, 3.05) is 10.0 Å². The number of sulfonamides is 1. The predicted octanol–water partition coefficient (Wildman–Crippen LogP) is 5.45. The van der Waals surface area contributed by atoms with Crippen LogP contribution in [-0.4, -0.2) is 23.5 Å². The van der Waals surface area contributed by atoms with Gasteiger partial charge in [0.2, 0.25) is 5.88 Å². The molecule has 0 aliphatic rings. The molecular weight excluding hydrogens is 450 g/mol. The molecule has 0 bridgehead atoms. The van der Waals surface area contributed by atoms with Gasteiger partial charge in [-0.05, 0) is 48.9 Å². The Kier molecular flexibility index (Phi) is 5.46. The monoisotopic (exact) mass is 471 g/mol. The van der Waals surface area contributed by atoms with Crippen LogP contribution in [0.5, 0.6) is 0 Å². The molecule has 3 aromatic carbocycles. The summed E-state index contributed by atoms with van der Waals surface area (Å²) in [6.07, 6.45) is 1.50. The van der Waals surface area contributed by atoms with E-state index in [9.17, 15) is 8.42 Å². The summed E-state index contributed by atoms with van der Waals surface area (Å²) in [5.41, 5.74) is 3.76. The van der Waals surface area contributed by atoms with Gasteiger partial charge in [0.15, 0.2) is 0 Å². The van der Waals surface area contributed by atoms with Crippen molar-refractivity contribution in [2.45, 2.75) is 18.7 Å². The molecule has 0 fully saturated rings. The Bertz CT molecular complexity index is 1590. The maximum absolute atomic E-state index is 12.7. The van der Waals surface area contributed by atoms with Gasteiger partial charge in [-0.15, -0.1) is 0 Å². The summed E-state index contributed by atoms with van der Waals surface area (Å²) < 4.78 is 32.9. The van der Waals surface area contributed by atoms with E-state index in [1.807, 2.05) is 30.3 Å². The molecular formula is C25H21N5O3S. The van der Waals surface area contributed by atoms with E-state index in [0.717, 1.165) is 22.0 Å². The number of nitrogens with zero attached hydrogens (tertiary/aromatic N) is 3. The molecule has 8 nitrogen and oxygen atoms in total. The van der Waals surface area contributed by atoms with Crippen molar-refractivity contribution in [3.63, 3.8) is 0 Å². The van der Waals surface area contributed by atoms with Crippen LogP contribution >= 0.6 is 0 Å². The maximum Gasteiger partial charge on any atom is 0.264 e. The van der Waals surface area contributed by atoms with Crippen molar-refractivity contribution in [3.8, 4) is 11.3 Å². The number of benzene rings is 3. The number of rotatable bonds is 6. The highest BCUT2D eigenvalue weighted by molar-refractivity contribution is 7.92. The summed E-state index contributed by atoms with van der Waals surface area (Å²) in [6, 6.07) is 22.5. The van der Waals surface area contributed by atoms with Gasteiger partial charge in [-0.3, -0.25) is 0 Å². The second-order valence-electron chi connectivity index (χ2n) is 7.79. The Balaban J connectivity index is 1.37. The molecule has 0 saturated heterocycles. The van der Waals surface area contributed by atoms with E-state index in [1.165, 1.54) is 18.5 Å². The van der Waals surface area contributed by atoms with E-state index in [2.05, 4.69) is 43.4 Å². The van der Waals surface area contributed by atoms with Gasteiger partial charge >= 0.3 is 0 Å². The van der Waals surface area contributed by atoms with Gasteiger partial charge in [-0.25, -0.2) is 23.1 Å². The molecule has 2 N–H and O–H groups in total. The Morgan fingerprint density at radius 1 is 0.882 bits per heavy atom. The van der Waals surface area contributed by atoms with Gasteiger partial charge < -0.3 is 9.84 Å². The minimum atomic E-state index is -3.81. The molecule has 0 unspecified atom stereocenters. The second-order valence-corrected chi connectivity index (χ2v) is 9.47. The van der Waals surface area contributed by atoms with Gasteiger partial charge in [-0.2, -0.15) is 0 Å². The van der Waals surface area contributed by atoms with Gasteiger partial charge in [0.05, 0.1) is 16.3 Å². The van der Waals surface area contributed by atoms with Crippen molar-refractivity contribution in [2.24, 2.45) is 0 Å². The van der Waals surface area contributed by atoms with Gasteiger partial charge in [0.1, 0.15) is 12.1 Å². The minimum Gasteiger partial charge on any atom is -0.340 e. The Morgan fingerprint density at radius 3 is 2.41 bits per heavy atom. The zero-order valence-corrected chi connectivity index (χ0v) is 19.3. The molecule has 34 heavy (non-hydrogen) atoms. The maximum atomic E-state index is 12.7. The minimum absolute atomic E-state index is 0.102. The molecule has 0 aliphatic carbocycles. The molecule has 2 aromatic heterocycles. The fraction of sp³-hybridized carbons (Fsp3) is 0.0800.